The van der Waals surface area contributed by atoms with E-state index in [1.165, 1.54) is 14.0 Å². The third-order valence-electron chi connectivity index (χ3n) is 1.20. The number of hydrogen-bond acceptors (Lipinski definition) is 3. The number of rotatable bonds is 1. The summed E-state index contributed by atoms with van der Waals surface area (Å²) in [6.07, 6.45) is 0. The molecule has 0 aliphatic rings. The van der Waals surface area contributed by atoms with E-state index in [1.54, 1.807) is 0 Å². The maximum absolute atomic E-state index is 12.6. The fourth-order valence-electron chi connectivity index (χ4n) is 0.642. The number of hydrogen-bond donors (Lipinski definition) is 1. The molecule has 1 aromatic rings. The van der Waals surface area contributed by atoms with Crippen molar-refractivity contribution in [3.8, 4) is 6.01 Å². The average Bonchev–Trinajstić information content (AvgIpc) is 1.99. The van der Waals surface area contributed by atoms with Gasteiger partial charge in [-0.3, -0.25) is 9.78 Å². The van der Waals surface area contributed by atoms with Crippen LogP contribution in [-0.4, -0.2) is 17.1 Å². The molecule has 0 spiro atoms. The summed E-state index contributed by atoms with van der Waals surface area (Å²) in [7, 11) is 1.34. The van der Waals surface area contributed by atoms with Crippen molar-refractivity contribution >= 4 is 0 Å². The largest absolute Gasteiger partial charge is 0.468 e. The molecule has 0 amide bonds. The van der Waals surface area contributed by atoms with Crippen molar-refractivity contribution < 1.29 is 9.13 Å². The lowest BCUT2D eigenvalue weighted by molar-refractivity contribution is 0.372. The SMILES string of the molecule is COc1nc(C)c(F)c(=O)[nH]1. The van der Waals surface area contributed by atoms with Gasteiger partial charge < -0.3 is 4.74 Å². The Kier molecular flexibility index (Phi) is 1.89. The monoisotopic (exact) mass is 158 g/mol. The molecule has 60 valence electrons. The second-order valence-electron chi connectivity index (χ2n) is 1.97. The molecule has 1 rings (SSSR count). The summed E-state index contributed by atoms with van der Waals surface area (Å²) >= 11 is 0. The Morgan fingerprint density at radius 2 is 2.27 bits per heavy atom. The first-order chi connectivity index (χ1) is 5.15. The van der Waals surface area contributed by atoms with E-state index < -0.39 is 11.4 Å². The van der Waals surface area contributed by atoms with Crippen molar-refractivity contribution in [1.82, 2.24) is 9.97 Å². The van der Waals surface area contributed by atoms with Crippen LogP contribution in [0.15, 0.2) is 4.79 Å². The lowest BCUT2D eigenvalue weighted by Crippen LogP contribution is -2.15. The molecule has 4 nitrogen and oxygen atoms in total. The Hall–Kier alpha value is -1.39. The van der Waals surface area contributed by atoms with Gasteiger partial charge in [-0.05, 0) is 6.92 Å². The topological polar surface area (TPSA) is 55.0 Å². The predicted molar refractivity (Wildman–Crippen MR) is 36.1 cm³/mol. The first kappa shape index (κ1) is 7.71. The number of H-pyrrole nitrogens is 1. The summed E-state index contributed by atoms with van der Waals surface area (Å²) in [6, 6.07) is 0.0221. The number of halogens is 1. The minimum atomic E-state index is -0.870. The van der Waals surface area contributed by atoms with Crippen molar-refractivity contribution in [2.24, 2.45) is 0 Å². The van der Waals surface area contributed by atoms with Gasteiger partial charge >= 0.3 is 0 Å². The zero-order chi connectivity index (χ0) is 8.43. The van der Waals surface area contributed by atoms with Crippen LogP contribution in [0.1, 0.15) is 5.69 Å². The van der Waals surface area contributed by atoms with Crippen LogP contribution < -0.4 is 10.3 Å². The van der Waals surface area contributed by atoms with Gasteiger partial charge in [-0.25, -0.2) is 0 Å². The number of aryl methyl sites for hydroxylation is 1. The van der Waals surface area contributed by atoms with Crippen molar-refractivity contribution in [2.45, 2.75) is 6.92 Å². The average molecular weight is 158 g/mol. The van der Waals surface area contributed by atoms with Crippen LogP contribution in [0.2, 0.25) is 0 Å². The van der Waals surface area contributed by atoms with Crippen LogP contribution in [0.4, 0.5) is 4.39 Å². The van der Waals surface area contributed by atoms with Gasteiger partial charge in [0.05, 0.1) is 12.8 Å². The predicted octanol–water partition coefficient (Wildman–Crippen LogP) is 0.226. The Morgan fingerprint density at radius 3 is 2.73 bits per heavy atom. The molecule has 0 unspecified atom stereocenters. The van der Waals surface area contributed by atoms with Crippen LogP contribution >= 0.6 is 0 Å². The molecule has 1 heterocycles. The Bertz CT molecular complexity index is 321. The quantitative estimate of drug-likeness (QED) is 0.636. The highest BCUT2D eigenvalue weighted by Crippen LogP contribution is 2.00. The van der Waals surface area contributed by atoms with Crippen LogP contribution in [-0.2, 0) is 0 Å². The van der Waals surface area contributed by atoms with E-state index in [-0.39, 0.29) is 11.7 Å². The fraction of sp³-hybridized carbons (Fsp3) is 0.333. The summed E-state index contributed by atoms with van der Waals surface area (Å²) in [5, 5.41) is 0. The molecule has 11 heavy (non-hydrogen) atoms. The number of ether oxygens (including phenoxy) is 1. The van der Waals surface area contributed by atoms with E-state index in [2.05, 4.69) is 14.7 Å². The van der Waals surface area contributed by atoms with Crippen LogP contribution in [0, 0.1) is 12.7 Å². The second kappa shape index (κ2) is 2.69. The molecule has 0 fully saturated rings. The molecule has 0 saturated heterocycles. The normalized spacial score (nSPS) is 9.73. The van der Waals surface area contributed by atoms with Crippen molar-refractivity contribution in [2.75, 3.05) is 7.11 Å². The van der Waals surface area contributed by atoms with Crippen LogP contribution in [0.5, 0.6) is 6.01 Å². The molecule has 0 saturated carbocycles. The molecule has 5 heteroatoms. The van der Waals surface area contributed by atoms with Gasteiger partial charge in [0, 0.05) is 0 Å². The second-order valence-corrected chi connectivity index (χ2v) is 1.97. The lowest BCUT2D eigenvalue weighted by atomic mass is 10.4. The van der Waals surface area contributed by atoms with Crippen molar-refractivity contribution in [3.05, 3.63) is 21.9 Å². The highest BCUT2D eigenvalue weighted by atomic mass is 19.1. The van der Waals surface area contributed by atoms with Gasteiger partial charge in [-0.2, -0.15) is 9.37 Å². The maximum atomic E-state index is 12.6. The van der Waals surface area contributed by atoms with Gasteiger partial charge in [0.1, 0.15) is 0 Å². The highest BCUT2D eigenvalue weighted by molar-refractivity contribution is 5.06. The summed E-state index contributed by atoms with van der Waals surface area (Å²) in [4.78, 5) is 16.4. The van der Waals surface area contributed by atoms with E-state index in [0.717, 1.165) is 0 Å². The fourth-order valence-corrected chi connectivity index (χ4v) is 0.642. The molecule has 1 N–H and O–H groups in total. The smallest absolute Gasteiger partial charge is 0.296 e. The van der Waals surface area contributed by atoms with E-state index in [0.29, 0.717) is 0 Å². The van der Waals surface area contributed by atoms with E-state index >= 15 is 0 Å². The number of aromatic nitrogens is 2. The molecular formula is C6H7FN2O2. The molecule has 1 aromatic heterocycles. The molecular weight excluding hydrogens is 151 g/mol. The third-order valence-corrected chi connectivity index (χ3v) is 1.20. The minimum absolute atomic E-state index is 0.0221. The standard InChI is InChI=1S/C6H7FN2O2/c1-3-4(7)5(10)9-6(8-3)11-2/h1-2H3,(H,8,9,10). The molecule has 0 aliphatic carbocycles. The van der Waals surface area contributed by atoms with E-state index in [1.807, 2.05) is 0 Å². The number of nitrogens with one attached hydrogen (secondary N) is 1. The van der Waals surface area contributed by atoms with Crippen LogP contribution in [0.25, 0.3) is 0 Å². The zero-order valence-electron chi connectivity index (χ0n) is 6.14. The molecule has 0 aromatic carbocycles. The molecule has 0 bridgehead atoms. The summed E-state index contributed by atoms with van der Waals surface area (Å²) < 4.78 is 17.2. The number of methoxy groups -OCH3 is 1. The van der Waals surface area contributed by atoms with Crippen molar-refractivity contribution in [1.29, 1.82) is 0 Å². The number of nitrogens with zero attached hydrogens (tertiary/aromatic N) is 1. The molecule has 0 radical (unpaired) electrons. The summed E-state index contributed by atoms with van der Waals surface area (Å²) in [5.74, 6) is -0.870. The van der Waals surface area contributed by atoms with Gasteiger partial charge in [0.2, 0.25) is 5.82 Å². The van der Waals surface area contributed by atoms with Crippen molar-refractivity contribution in [3.63, 3.8) is 0 Å². The van der Waals surface area contributed by atoms with Gasteiger partial charge in [-0.1, -0.05) is 0 Å². The summed E-state index contributed by atoms with van der Waals surface area (Å²) in [5.41, 5.74) is -0.778. The number of aromatic amines is 1. The first-order valence-electron chi connectivity index (χ1n) is 2.95. The molecule has 0 aliphatic heterocycles. The molecule has 0 atom stereocenters. The first-order valence-corrected chi connectivity index (χ1v) is 2.95. The van der Waals surface area contributed by atoms with Gasteiger partial charge in [0.25, 0.3) is 11.6 Å². The van der Waals surface area contributed by atoms with Gasteiger partial charge in [0.15, 0.2) is 0 Å². The third kappa shape index (κ3) is 1.36. The Morgan fingerprint density at radius 1 is 1.64 bits per heavy atom. The van der Waals surface area contributed by atoms with E-state index in [9.17, 15) is 9.18 Å². The van der Waals surface area contributed by atoms with Crippen LogP contribution in [0.3, 0.4) is 0 Å². The minimum Gasteiger partial charge on any atom is -0.468 e. The van der Waals surface area contributed by atoms with Gasteiger partial charge in [-0.15, -0.1) is 0 Å². The Labute approximate surface area is 62.0 Å². The Balaban J connectivity index is 3.32. The maximum Gasteiger partial charge on any atom is 0.296 e. The lowest BCUT2D eigenvalue weighted by Gasteiger charge is -1.98. The highest BCUT2D eigenvalue weighted by Gasteiger charge is 2.05. The summed E-state index contributed by atoms with van der Waals surface area (Å²) in [6.45, 7) is 1.40. The zero-order valence-corrected chi connectivity index (χ0v) is 6.14. The van der Waals surface area contributed by atoms with E-state index in [4.69, 9.17) is 0 Å².